The quantitative estimate of drug-likeness (QED) is 0.335. The molecule has 4 N–H and O–H groups in total. The molecule has 5 heteroatoms. The Morgan fingerprint density at radius 2 is 2.40 bits per heavy atom. The van der Waals surface area contributed by atoms with E-state index >= 15 is 0 Å². The number of amides is 1. The summed E-state index contributed by atoms with van der Waals surface area (Å²) in [5.74, 6) is -0.663. The van der Waals surface area contributed by atoms with Crippen molar-refractivity contribution in [3.63, 3.8) is 0 Å². The molecule has 0 saturated heterocycles. The van der Waals surface area contributed by atoms with Crippen LogP contribution in [0.2, 0.25) is 0 Å². The molecule has 1 unspecified atom stereocenters. The summed E-state index contributed by atoms with van der Waals surface area (Å²) in [5, 5.41) is 8.26. The Kier molecular flexibility index (Phi) is 4.43. The van der Waals surface area contributed by atoms with Gasteiger partial charge in [-0.25, -0.2) is 0 Å². The minimum atomic E-state index is -0.815. The minimum Gasteiger partial charge on any atom is -0.368 e. The van der Waals surface area contributed by atoms with Crippen molar-refractivity contribution in [2.45, 2.75) is 18.9 Å². The monoisotopic (exact) mass is 146 g/mol. The number of nitrogens with two attached hydrogens (primary N) is 1. The van der Waals surface area contributed by atoms with E-state index in [9.17, 15) is 9.59 Å². The molecule has 10 heavy (non-hydrogen) atoms. The summed E-state index contributed by atoms with van der Waals surface area (Å²) in [6.45, 7) is 0. The third-order valence-electron chi connectivity index (χ3n) is 1.07. The number of hydrogen-bond donors (Lipinski definition) is 3. The summed E-state index contributed by atoms with van der Waals surface area (Å²) in [5.41, 5.74) is 6.51. The lowest BCUT2D eigenvalue weighted by Gasteiger charge is -2.07. The van der Waals surface area contributed by atoms with Gasteiger partial charge in [0.1, 0.15) is 12.3 Å². The fraction of sp³-hybridized carbons (Fsp3) is 0.600. The Balaban J connectivity index is 3.60. The second-order valence-corrected chi connectivity index (χ2v) is 1.83. The molecule has 0 heterocycles. The number of primary amides is 1. The lowest BCUT2D eigenvalue weighted by molar-refractivity contribution is -0.122. The maximum Gasteiger partial charge on any atom is 0.236 e. The molecule has 0 fully saturated rings. The third kappa shape index (κ3) is 3.16. The molecule has 0 aromatic carbocycles. The number of carbonyl (C=O) groups is 2. The van der Waals surface area contributed by atoms with E-state index in [0.29, 0.717) is 6.29 Å². The number of nitrogens with one attached hydrogen (secondary N) is 1. The van der Waals surface area contributed by atoms with Gasteiger partial charge in [-0.05, 0) is 6.42 Å². The van der Waals surface area contributed by atoms with Gasteiger partial charge in [-0.15, -0.1) is 0 Å². The molecule has 0 bridgehead atoms. The largest absolute Gasteiger partial charge is 0.368 e. The van der Waals surface area contributed by atoms with Gasteiger partial charge in [0.15, 0.2) is 0 Å². The number of rotatable bonds is 5. The van der Waals surface area contributed by atoms with Crippen molar-refractivity contribution >= 4 is 12.2 Å². The molecule has 1 atom stereocenters. The first-order valence-electron chi connectivity index (χ1n) is 2.85. The van der Waals surface area contributed by atoms with Gasteiger partial charge in [-0.2, -0.15) is 5.48 Å². The van der Waals surface area contributed by atoms with Crippen LogP contribution in [-0.2, 0) is 9.59 Å². The number of carbonyl (C=O) groups excluding carboxylic acids is 2. The molecule has 0 radical (unpaired) electrons. The van der Waals surface area contributed by atoms with E-state index in [4.69, 9.17) is 10.9 Å². The SMILES string of the molecule is NC(=O)C(CCC=O)NO. The van der Waals surface area contributed by atoms with E-state index in [1.807, 2.05) is 0 Å². The highest BCUT2D eigenvalue weighted by atomic mass is 16.5. The summed E-state index contributed by atoms with van der Waals surface area (Å²) in [4.78, 5) is 20.1. The summed E-state index contributed by atoms with van der Waals surface area (Å²) in [7, 11) is 0. The molecule has 5 nitrogen and oxygen atoms in total. The fourth-order valence-corrected chi connectivity index (χ4v) is 0.505. The van der Waals surface area contributed by atoms with Crippen LogP contribution in [-0.4, -0.2) is 23.4 Å². The van der Waals surface area contributed by atoms with Crippen molar-refractivity contribution in [1.82, 2.24) is 5.48 Å². The molecule has 1 amide bonds. The van der Waals surface area contributed by atoms with Crippen molar-refractivity contribution < 1.29 is 14.8 Å². The second-order valence-electron chi connectivity index (χ2n) is 1.83. The average molecular weight is 146 g/mol. The zero-order chi connectivity index (χ0) is 7.98. The van der Waals surface area contributed by atoms with Gasteiger partial charge in [0, 0.05) is 6.42 Å². The molecule has 0 aliphatic carbocycles. The van der Waals surface area contributed by atoms with Crippen LogP contribution in [0.15, 0.2) is 0 Å². The first-order valence-corrected chi connectivity index (χ1v) is 2.85. The van der Waals surface area contributed by atoms with Crippen LogP contribution >= 0.6 is 0 Å². The molecule has 0 aliphatic rings. The van der Waals surface area contributed by atoms with Crippen LogP contribution in [0.3, 0.4) is 0 Å². The van der Waals surface area contributed by atoms with Crippen LogP contribution in [0.1, 0.15) is 12.8 Å². The van der Waals surface area contributed by atoms with Crippen molar-refractivity contribution in [1.29, 1.82) is 0 Å². The van der Waals surface area contributed by atoms with Gasteiger partial charge in [0.25, 0.3) is 0 Å². The van der Waals surface area contributed by atoms with E-state index in [1.165, 1.54) is 0 Å². The number of aldehydes is 1. The van der Waals surface area contributed by atoms with Crippen LogP contribution in [0.5, 0.6) is 0 Å². The highest BCUT2D eigenvalue weighted by Crippen LogP contribution is 1.92. The summed E-state index contributed by atoms with van der Waals surface area (Å²) in [6.07, 6.45) is 1.10. The maximum absolute atomic E-state index is 10.3. The van der Waals surface area contributed by atoms with E-state index < -0.39 is 11.9 Å². The van der Waals surface area contributed by atoms with Gasteiger partial charge in [0.05, 0.1) is 0 Å². The molecule has 58 valence electrons. The van der Waals surface area contributed by atoms with Gasteiger partial charge in [-0.3, -0.25) is 4.79 Å². The summed E-state index contributed by atoms with van der Waals surface area (Å²) < 4.78 is 0. The Bertz CT molecular complexity index is 126. The first-order chi connectivity index (χ1) is 4.72. The zero-order valence-corrected chi connectivity index (χ0v) is 5.41. The Morgan fingerprint density at radius 3 is 2.70 bits per heavy atom. The molecule has 0 aromatic heterocycles. The Labute approximate surface area is 58.2 Å². The average Bonchev–Trinajstić information content (AvgIpc) is 1.89. The third-order valence-corrected chi connectivity index (χ3v) is 1.07. The maximum atomic E-state index is 10.3. The second kappa shape index (κ2) is 4.89. The highest BCUT2D eigenvalue weighted by Gasteiger charge is 2.11. The smallest absolute Gasteiger partial charge is 0.236 e. The van der Waals surface area contributed by atoms with Crippen LogP contribution in [0.25, 0.3) is 0 Å². The molecule has 0 saturated carbocycles. The van der Waals surface area contributed by atoms with Crippen molar-refractivity contribution in [2.24, 2.45) is 5.73 Å². The number of hydrogen-bond acceptors (Lipinski definition) is 4. The van der Waals surface area contributed by atoms with Crippen LogP contribution in [0.4, 0.5) is 0 Å². The molecular formula is C5H10N2O3. The highest BCUT2D eigenvalue weighted by molar-refractivity contribution is 5.79. The van der Waals surface area contributed by atoms with Gasteiger partial charge in [0.2, 0.25) is 5.91 Å². The van der Waals surface area contributed by atoms with E-state index in [2.05, 4.69) is 0 Å². The van der Waals surface area contributed by atoms with E-state index in [-0.39, 0.29) is 12.8 Å². The Hall–Kier alpha value is -0.940. The summed E-state index contributed by atoms with van der Waals surface area (Å²) >= 11 is 0. The lowest BCUT2D eigenvalue weighted by Crippen LogP contribution is -2.39. The lowest BCUT2D eigenvalue weighted by atomic mass is 10.2. The standard InChI is InChI=1S/C5H10N2O3/c6-5(9)4(7-10)2-1-3-8/h3-4,7,10H,1-2H2,(H2,6,9). The van der Waals surface area contributed by atoms with Gasteiger partial charge < -0.3 is 15.7 Å². The fourth-order valence-electron chi connectivity index (χ4n) is 0.505. The van der Waals surface area contributed by atoms with Gasteiger partial charge >= 0.3 is 0 Å². The molecule has 0 spiro atoms. The van der Waals surface area contributed by atoms with Crippen molar-refractivity contribution in [2.75, 3.05) is 0 Å². The van der Waals surface area contributed by atoms with Crippen LogP contribution in [0, 0.1) is 0 Å². The molecule has 0 rings (SSSR count). The van der Waals surface area contributed by atoms with Crippen LogP contribution < -0.4 is 11.2 Å². The summed E-state index contributed by atoms with van der Waals surface area (Å²) in [6, 6.07) is -0.815. The van der Waals surface area contributed by atoms with Crippen molar-refractivity contribution in [3.8, 4) is 0 Å². The Morgan fingerprint density at radius 1 is 1.80 bits per heavy atom. The van der Waals surface area contributed by atoms with Gasteiger partial charge in [-0.1, -0.05) is 0 Å². The topological polar surface area (TPSA) is 92.4 Å². The zero-order valence-electron chi connectivity index (χ0n) is 5.41. The molecule has 0 aliphatic heterocycles. The number of hydroxylamine groups is 1. The predicted molar refractivity (Wildman–Crippen MR) is 33.2 cm³/mol. The van der Waals surface area contributed by atoms with E-state index in [0.717, 1.165) is 0 Å². The predicted octanol–water partition coefficient (Wildman–Crippen LogP) is -1.20. The minimum absolute atomic E-state index is 0.209. The molecule has 0 aromatic rings. The van der Waals surface area contributed by atoms with Crippen molar-refractivity contribution in [3.05, 3.63) is 0 Å². The molecular weight excluding hydrogens is 136 g/mol. The normalized spacial score (nSPS) is 12.5. The first kappa shape index (κ1) is 9.06. The van der Waals surface area contributed by atoms with E-state index in [1.54, 1.807) is 5.48 Å².